The van der Waals surface area contributed by atoms with Crippen molar-refractivity contribution < 1.29 is 14.7 Å². The summed E-state index contributed by atoms with van der Waals surface area (Å²) in [4.78, 5) is 23.6. The number of carboxylic acids is 1. The number of hydrogen-bond donors (Lipinski definition) is 2. The maximum Gasteiger partial charge on any atom is 0.309 e. The second-order valence-electron chi connectivity index (χ2n) is 6.60. The monoisotopic (exact) mass is 275 g/mol. The number of aliphatic carboxylic acids is 1. The Bertz CT molecular complexity index is 627. The zero-order valence-corrected chi connectivity index (χ0v) is 11.4. The number of carboxylic acid groups (broad SMARTS) is 1. The molecule has 1 aromatic rings. The van der Waals surface area contributed by atoms with Crippen LogP contribution < -0.4 is 5.32 Å². The fraction of sp³-hybridized carbons (Fsp3) is 0.643. The third-order valence-corrected chi connectivity index (χ3v) is 5.15. The summed E-state index contributed by atoms with van der Waals surface area (Å²) in [5.74, 6) is -0.822. The van der Waals surface area contributed by atoms with E-state index < -0.39 is 11.4 Å². The molecule has 2 N–H and O–H groups in total. The summed E-state index contributed by atoms with van der Waals surface area (Å²) in [6.45, 7) is 0. The number of aromatic nitrogens is 2. The van der Waals surface area contributed by atoms with Gasteiger partial charge in [0.25, 0.3) is 5.91 Å². The Morgan fingerprint density at radius 3 is 2.65 bits per heavy atom. The van der Waals surface area contributed by atoms with Crippen molar-refractivity contribution in [3.8, 4) is 0 Å². The van der Waals surface area contributed by atoms with Crippen molar-refractivity contribution in [2.75, 3.05) is 0 Å². The largest absolute Gasteiger partial charge is 0.481 e. The zero-order valence-electron chi connectivity index (χ0n) is 11.4. The molecule has 1 aromatic heterocycles. The normalized spacial score (nSPS) is 33.0. The van der Waals surface area contributed by atoms with E-state index in [9.17, 15) is 9.59 Å². The second kappa shape index (κ2) is 3.42. The molecule has 4 aliphatic carbocycles. The lowest BCUT2D eigenvalue weighted by Crippen LogP contribution is -2.77. The number of hydrogen-bond acceptors (Lipinski definition) is 3. The van der Waals surface area contributed by atoms with Crippen molar-refractivity contribution >= 4 is 11.9 Å². The van der Waals surface area contributed by atoms with Crippen LogP contribution in [0.25, 0.3) is 0 Å². The van der Waals surface area contributed by atoms with Gasteiger partial charge in [0, 0.05) is 18.2 Å². The van der Waals surface area contributed by atoms with E-state index in [0.29, 0.717) is 25.0 Å². The molecule has 0 aromatic carbocycles. The Labute approximate surface area is 116 Å². The highest BCUT2D eigenvalue weighted by atomic mass is 16.4. The molecule has 0 radical (unpaired) electrons. The summed E-state index contributed by atoms with van der Waals surface area (Å²) < 4.78 is 1.66. The molecule has 20 heavy (non-hydrogen) atoms. The van der Waals surface area contributed by atoms with E-state index in [1.807, 2.05) is 0 Å². The topological polar surface area (TPSA) is 84.2 Å². The highest BCUT2D eigenvalue weighted by Crippen LogP contribution is 2.67. The minimum absolute atomic E-state index is 0.0955. The Morgan fingerprint density at radius 2 is 2.00 bits per heavy atom. The predicted octanol–water partition coefficient (Wildman–Crippen LogP) is 0.646. The van der Waals surface area contributed by atoms with Gasteiger partial charge >= 0.3 is 5.97 Å². The molecule has 1 amide bonds. The van der Waals surface area contributed by atoms with E-state index in [2.05, 4.69) is 10.4 Å². The first-order valence-electron chi connectivity index (χ1n) is 7.05. The Kier molecular flexibility index (Phi) is 2.04. The number of nitrogens with one attached hydrogen (secondary N) is 1. The van der Waals surface area contributed by atoms with Crippen LogP contribution in [0.15, 0.2) is 0 Å². The van der Waals surface area contributed by atoms with Gasteiger partial charge in [0.15, 0.2) is 0 Å². The van der Waals surface area contributed by atoms with Gasteiger partial charge in [-0.15, -0.1) is 0 Å². The number of nitrogens with zero attached hydrogens (tertiary/aromatic N) is 2. The third-order valence-electron chi connectivity index (χ3n) is 5.15. The van der Waals surface area contributed by atoms with Crippen LogP contribution in [0, 0.1) is 5.41 Å². The van der Waals surface area contributed by atoms with Crippen LogP contribution in [0.3, 0.4) is 0 Å². The maximum absolute atomic E-state index is 12.5. The molecule has 106 valence electrons. The number of carbonyl (C=O) groups excluding carboxylic acids is 1. The SMILES string of the molecule is Cn1nc2c(c1C(=O)NC13CC(C(=O)O)(C1)C3)CCC2. The van der Waals surface area contributed by atoms with Gasteiger partial charge in [-0.25, -0.2) is 0 Å². The average Bonchev–Trinajstić information content (AvgIpc) is 2.79. The van der Waals surface area contributed by atoms with Gasteiger partial charge < -0.3 is 10.4 Å². The van der Waals surface area contributed by atoms with E-state index in [1.54, 1.807) is 11.7 Å². The Hall–Kier alpha value is -1.85. The van der Waals surface area contributed by atoms with E-state index in [4.69, 9.17) is 5.11 Å². The van der Waals surface area contributed by atoms with Crippen molar-refractivity contribution in [3.63, 3.8) is 0 Å². The van der Waals surface area contributed by atoms with Crippen molar-refractivity contribution in [2.24, 2.45) is 12.5 Å². The van der Waals surface area contributed by atoms with Crippen molar-refractivity contribution in [2.45, 2.75) is 44.1 Å². The molecular formula is C14H17N3O3. The van der Waals surface area contributed by atoms with Gasteiger partial charge in [-0.2, -0.15) is 5.10 Å². The third kappa shape index (κ3) is 1.31. The van der Waals surface area contributed by atoms with E-state index >= 15 is 0 Å². The molecule has 4 aliphatic rings. The minimum atomic E-state index is -0.727. The van der Waals surface area contributed by atoms with Crippen LogP contribution in [0.2, 0.25) is 0 Å². The molecule has 3 saturated carbocycles. The van der Waals surface area contributed by atoms with E-state index in [-0.39, 0.29) is 11.4 Å². The molecule has 0 aliphatic heterocycles. The summed E-state index contributed by atoms with van der Waals surface area (Å²) in [7, 11) is 1.80. The number of fused-ring (bicyclic) bond motifs is 1. The first-order valence-corrected chi connectivity index (χ1v) is 7.05. The standard InChI is InChI=1S/C14H17N3O3/c1-17-10(8-3-2-4-9(8)16-17)11(18)15-14-5-13(6-14,7-14)12(19)20/h2-7H2,1H3,(H,15,18)(H,19,20). The lowest BCUT2D eigenvalue weighted by atomic mass is 9.39. The van der Waals surface area contributed by atoms with Gasteiger partial charge in [0.05, 0.1) is 11.1 Å². The van der Waals surface area contributed by atoms with Crippen molar-refractivity contribution in [1.82, 2.24) is 15.1 Å². The number of carbonyl (C=O) groups is 2. The second-order valence-corrected chi connectivity index (χ2v) is 6.60. The van der Waals surface area contributed by atoms with Crippen LogP contribution in [-0.4, -0.2) is 32.3 Å². The quantitative estimate of drug-likeness (QED) is 0.848. The predicted molar refractivity (Wildman–Crippen MR) is 69.4 cm³/mol. The highest BCUT2D eigenvalue weighted by molar-refractivity contribution is 5.96. The molecule has 0 unspecified atom stereocenters. The van der Waals surface area contributed by atoms with Gasteiger partial charge in [-0.1, -0.05) is 0 Å². The van der Waals surface area contributed by atoms with Crippen molar-refractivity contribution in [1.29, 1.82) is 0 Å². The maximum atomic E-state index is 12.5. The molecule has 0 spiro atoms. The zero-order chi connectivity index (χ0) is 14.1. The molecule has 5 rings (SSSR count). The summed E-state index contributed by atoms with van der Waals surface area (Å²) in [5.41, 5.74) is 1.95. The average molecular weight is 275 g/mol. The van der Waals surface area contributed by atoms with Crippen LogP contribution in [0.1, 0.15) is 47.4 Å². The Balaban J connectivity index is 1.52. The lowest BCUT2D eigenvalue weighted by molar-refractivity contribution is -0.196. The van der Waals surface area contributed by atoms with Crippen LogP contribution in [0.5, 0.6) is 0 Å². The van der Waals surface area contributed by atoms with E-state index in [0.717, 1.165) is 30.5 Å². The molecule has 0 atom stereocenters. The molecule has 0 saturated heterocycles. The molecule has 3 fully saturated rings. The summed E-state index contributed by atoms with van der Waals surface area (Å²) in [6.07, 6.45) is 4.64. The first kappa shape index (κ1) is 11.9. The Morgan fingerprint density at radius 1 is 1.30 bits per heavy atom. The highest BCUT2D eigenvalue weighted by Gasteiger charge is 2.72. The van der Waals surface area contributed by atoms with Crippen LogP contribution in [-0.2, 0) is 24.7 Å². The van der Waals surface area contributed by atoms with Gasteiger partial charge in [0.2, 0.25) is 0 Å². The number of aryl methyl sites for hydroxylation is 2. The summed E-state index contributed by atoms with van der Waals surface area (Å²) in [6, 6.07) is 0. The number of amides is 1. The van der Waals surface area contributed by atoms with Crippen LogP contribution >= 0.6 is 0 Å². The summed E-state index contributed by atoms with van der Waals surface area (Å²) in [5, 5.41) is 16.6. The molecule has 1 heterocycles. The molecule has 6 heteroatoms. The fourth-order valence-corrected chi connectivity index (χ4v) is 4.25. The minimum Gasteiger partial charge on any atom is -0.481 e. The fourth-order valence-electron chi connectivity index (χ4n) is 4.25. The first-order chi connectivity index (χ1) is 9.45. The molecule has 6 nitrogen and oxygen atoms in total. The lowest BCUT2D eigenvalue weighted by Gasteiger charge is -2.67. The summed E-state index contributed by atoms with van der Waals surface area (Å²) >= 11 is 0. The van der Waals surface area contributed by atoms with E-state index in [1.165, 1.54) is 0 Å². The smallest absolute Gasteiger partial charge is 0.309 e. The van der Waals surface area contributed by atoms with Gasteiger partial charge in [0.1, 0.15) is 5.69 Å². The molecular weight excluding hydrogens is 258 g/mol. The number of rotatable bonds is 3. The van der Waals surface area contributed by atoms with Crippen molar-refractivity contribution in [3.05, 3.63) is 17.0 Å². The molecule has 2 bridgehead atoms. The van der Waals surface area contributed by atoms with Crippen LogP contribution in [0.4, 0.5) is 0 Å². The van der Waals surface area contributed by atoms with Gasteiger partial charge in [-0.05, 0) is 38.5 Å². The van der Waals surface area contributed by atoms with Gasteiger partial charge in [-0.3, -0.25) is 14.3 Å².